The molecule has 0 saturated heterocycles. The van der Waals surface area contributed by atoms with Crippen LogP contribution in [0.2, 0.25) is 0 Å². The van der Waals surface area contributed by atoms with Crippen LogP contribution in [0.3, 0.4) is 0 Å². The van der Waals surface area contributed by atoms with Gasteiger partial charge in [0.05, 0.1) is 5.92 Å². The minimum Gasteiger partial charge on any atom is -0.452 e. The normalized spacial score (nSPS) is 22.7. The molecule has 3 nitrogen and oxygen atoms in total. The highest BCUT2D eigenvalue weighted by molar-refractivity contribution is 5.75. The van der Waals surface area contributed by atoms with Crippen LogP contribution >= 0.6 is 0 Å². The molecule has 1 fully saturated rings. The van der Waals surface area contributed by atoms with Crippen molar-refractivity contribution in [2.75, 3.05) is 0 Å². The van der Waals surface area contributed by atoms with Crippen LogP contribution in [0.1, 0.15) is 39.0 Å². The second-order valence-corrected chi connectivity index (χ2v) is 5.99. The lowest BCUT2D eigenvalue weighted by Crippen LogP contribution is -2.29. The zero-order chi connectivity index (χ0) is 17.7. The summed E-state index contributed by atoms with van der Waals surface area (Å²) in [5.41, 5.74) is 0. The number of ether oxygens (including phenoxy) is 2. The lowest BCUT2D eigenvalue weighted by molar-refractivity contribution is -0.236. The van der Waals surface area contributed by atoms with Gasteiger partial charge in [0.1, 0.15) is 11.5 Å². The third-order valence-corrected chi connectivity index (χ3v) is 4.30. The Hall–Kier alpha value is -1.79. The van der Waals surface area contributed by atoms with Crippen LogP contribution in [-0.4, -0.2) is 18.5 Å². The number of halogens is 4. The fourth-order valence-corrected chi connectivity index (χ4v) is 2.78. The molecule has 1 aliphatic carbocycles. The van der Waals surface area contributed by atoms with E-state index in [-0.39, 0.29) is 23.4 Å². The Balaban J connectivity index is 1.86. The molecule has 1 aromatic carbocycles. The van der Waals surface area contributed by atoms with E-state index in [1.807, 2.05) is 0 Å². The van der Waals surface area contributed by atoms with Gasteiger partial charge in [-0.1, -0.05) is 13.3 Å². The van der Waals surface area contributed by atoms with Crippen molar-refractivity contribution >= 4 is 5.97 Å². The smallest absolute Gasteiger partial charge is 0.452 e. The molecule has 24 heavy (non-hydrogen) atoms. The minimum atomic E-state index is -5.08. The molecule has 1 atom stereocenters. The maximum absolute atomic E-state index is 12.8. The molecule has 0 bridgehead atoms. The summed E-state index contributed by atoms with van der Waals surface area (Å²) in [6.45, 7) is 2.13. The summed E-state index contributed by atoms with van der Waals surface area (Å²) >= 11 is 0. The highest BCUT2D eigenvalue weighted by atomic mass is 19.4. The number of carbonyl (C=O) groups excluding carboxylic acids is 1. The van der Waals surface area contributed by atoms with Gasteiger partial charge in [0.25, 0.3) is 0 Å². The first-order valence-electron chi connectivity index (χ1n) is 7.98. The second-order valence-electron chi connectivity index (χ2n) is 5.99. The number of hydrogen-bond donors (Lipinski definition) is 0. The average Bonchev–Trinajstić information content (AvgIpc) is 2.55. The number of hydrogen-bond acceptors (Lipinski definition) is 3. The lowest BCUT2D eigenvalue weighted by Gasteiger charge is -2.26. The van der Waals surface area contributed by atoms with Crippen molar-refractivity contribution in [3.63, 3.8) is 0 Å². The van der Waals surface area contributed by atoms with E-state index in [9.17, 15) is 22.4 Å². The summed E-state index contributed by atoms with van der Waals surface area (Å²) in [6.07, 6.45) is -3.79. The Kier molecular flexibility index (Phi) is 6.07. The fourth-order valence-electron chi connectivity index (χ4n) is 2.78. The van der Waals surface area contributed by atoms with Crippen molar-refractivity contribution in [1.82, 2.24) is 0 Å². The molecule has 2 rings (SSSR count). The Morgan fingerprint density at radius 2 is 1.67 bits per heavy atom. The molecule has 0 aliphatic heterocycles. The second kappa shape index (κ2) is 7.85. The van der Waals surface area contributed by atoms with Gasteiger partial charge in [-0.3, -0.25) is 4.79 Å². The molecule has 7 heteroatoms. The fraction of sp³-hybridized carbons (Fsp3) is 0.588. The largest absolute Gasteiger partial charge is 0.457 e. The third-order valence-electron chi connectivity index (χ3n) is 4.30. The minimum absolute atomic E-state index is 0.149. The molecule has 0 amide bonds. The molecular formula is C17H20F4O3. The maximum atomic E-state index is 12.8. The first-order valence-corrected chi connectivity index (χ1v) is 7.98. The van der Waals surface area contributed by atoms with Crippen molar-refractivity contribution in [1.29, 1.82) is 0 Å². The standard InChI is InChI=1S/C17H20F4O3/c1-2-11-3-5-12(6-4-11)15(22)23-13-7-9-14(10-8-13)24-16(18)17(19,20)21/h7-12,16H,2-6H2,1H3/t11-,12-,16?. The van der Waals surface area contributed by atoms with Crippen molar-refractivity contribution in [3.05, 3.63) is 24.3 Å². The van der Waals surface area contributed by atoms with E-state index in [1.165, 1.54) is 12.1 Å². The first kappa shape index (κ1) is 18.5. The van der Waals surface area contributed by atoms with Crippen molar-refractivity contribution in [2.45, 2.75) is 51.6 Å². The molecule has 1 unspecified atom stereocenters. The van der Waals surface area contributed by atoms with Crippen LogP contribution in [0.25, 0.3) is 0 Å². The van der Waals surface area contributed by atoms with Crippen LogP contribution in [0.5, 0.6) is 11.5 Å². The Labute approximate surface area is 137 Å². The van der Waals surface area contributed by atoms with Gasteiger partial charge in [0.15, 0.2) is 0 Å². The van der Waals surface area contributed by atoms with E-state index in [4.69, 9.17) is 4.74 Å². The van der Waals surface area contributed by atoms with Crippen LogP contribution in [0.4, 0.5) is 17.6 Å². The summed E-state index contributed by atoms with van der Waals surface area (Å²) in [6, 6.07) is 4.84. The SMILES string of the molecule is CC[C@H]1CC[C@H](C(=O)Oc2ccc(OC(F)C(F)(F)F)cc2)CC1. The Morgan fingerprint density at radius 1 is 1.12 bits per heavy atom. The van der Waals surface area contributed by atoms with E-state index in [2.05, 4.69) is 11.7 Å². The van der Waals surface area contributed by atoms with Crippen LogP contribution in [0.15, 0.2) is 24.3 Å². The molecule has 134 valence electrons. The zero-order valence-electron chi connectivity index (χ0n) is 13.3. The molecule has 1 aliphatic rings. The summed E-state index contributed by atoms with van der Waals surface area (Å²) in [5.74, 6) is 0.0873. The maximum Gasteiger partial charge on any atom is 0.457 e. The number of benzene rings is 1. The van der Waals surface area contributed by atoms with Crippen LogP contribution < -0.4 is 9.47 Å². The zero-order valence-corrected chi connectivity index (χ0v) is 13.3. The summed E-state index contributed by atoms with van der Waals surface area (Å²) in [5, 5.41) is 0. The van der Waals surface area contributed by atoms with Gasteiger partial charge < -0.3 is 9.47 Å². The number of alkyl halides is 4. The molecular weight excluding hydrogens is 328 g/mol. The quantitative estimate of drug-likeness (QED) is 0.425. The van der Waals surface area contributed by atoms with Gasteiger partial charge in [0.2, 0.25) is 0 Å². The molecule has 0 aromatic heterocycles. The van der Waals surface area contributed by atoms with E-state index in [0.29, 0.717) is 5.92 Å². The first-order chi connectivity index (χ1) is 11.3. The molecule has 0 heterocycles. The molecule has 0 N–H and O–H groups in total. The van der Waals surface area contributed by atoms with Crippen molar-refractivity contribution < 1.29 is 31.8 Å². The van der Waals surface area contributed by atoms with Crippen molar-refractivity contribution in [2.24, 2.45) is 11.8 Å². The van der Waals surface area contributed by atoms with Gasteiger partial charge in [-0.15, -0.1) is 0 Å². The predicted octanol–water partition coefficient (Wildman–Crippen LogP) is 5.05. The van der Waals surface area contributed by atoms with Gasteiger partial charge in [-0.2, -0.15) is 17.6 Å². The van der Waals surface area contributed by atoms with Crippen LogP contribution in [-0.2, 0) is 4.79 Å². The van der Waals surface area contributed by atoms with Gasteiger partial charge in [-0.05, 0) is 55.9 Å². The topological polar surface area (TPSA) is 35.5 Å². The van der Waals surface area contributed by atoms with Gasteiger partial charge >= 0.3 is 18.5 Å². The van der Waals surface area contributed by atoms with Crippen molar-refractivity contribution in [3.8, 4) is 11.5 Å². The highest BCUT2D eigenvalue weighted by Gasteiger charge is 2.42. The molecule has 1 saturated carbocycles. The number of carbonyl (C=O) groups is 1. The number of rotatable bonds is 5. The highest BCUT2D eigenvalue weighted by Crippen LogP contribution is 2.32. The van der Waals surface area contributed by atoms with E-state index in [0.717, 1.165) is 44.2 Å². The molecule has 1 aromatic rings. The average molecular weight is 348 g/mol. The third kappa shape index (κ3) is 5.11. The van der Waals surface area contributed by atoms with E-state index >= 15 is 0 Å². The number of esters is 1. The summed E-state index contributed by atoms with van der Waals surface area (Å²) < 4.78 is 58.4. The predicted molar refractivity (Wildman–Crippen MR) is 79.4 cm³/mol. The Bertz CT molecular complexity index is 534. The van der Waals surface area contributed by atoms with Gasteiger partial charge in [-0.25, -0.2) is 0 Å². The van der Waals surface area contributed by atoms with E-state index in [1.54, 1.807) is 0 Å². The summed E-state index contributed by atoms with van der Waals surface area (Å²) in [7, 11) is 0. The lowest BCUT2D eigenvalue weighted by atomic mass is 9.81. The Morgan fingerprint density at radius 3 is 2.17 bits per heavy atom. The van der Waals surface area contributed by atoms with Crippen LogP contribution in [0, 0.1) is 11.8 Å². The van der Waals surface area contributed by atoms with E-state index < -0.39 is 12.5 Å². The van der Waals surface area contributed by atoms with Gasteiger partial charge in [0, 0.05) is 0 Å². The summed E-state index contributed by atoms with van der Waals surface area (Å²) in [4.78, 5) is 12.1. The monoisotopic (exact) mass is 348 g/mol. The molecule has 0 spiro atoms. The molecule has 0 radical (unpaired) electrons.